The lowest BCUT2D eigenvalue weighted by molar-refractivity contribution is 0.0963. The molecule has 0 aromatic heterocycles. The average molecular weight is 239 g/mol. The molecule has 0 aliphatic carbocycles. The number of hydrogen-bond acceptors (Lipinski definition) is 4. The van der Waals surface area contributed by atoms with E-state index in [4.69, 9.17) is 4.74 Å². The molecule has 1 amide bonds. The summed E-state index contributed by atoms with van der Waals surface area (Å²) in [6, 6.07) is 0.470. The minimum atomic E-state index is -0.177. The minimum absolute atomic E-state index is 0.177. The van der Waals surface area contributed by atoms with E-state index >= 15 is 0 Å². The second-order valence-electron chi connectivity index (χ2n) is 4.54. The van der Waals surface area contributed by atoms with Crippen LogP contribution in [-0.2, 0) is 4.74 Å². The van der Waals surface area contributed by atoms with Crippen LogP contribution in [0.25, 0.3) is 0 Å². The van der Waals surface area contributed by atoms with Crippen LogP contribution in [0.4, 0.5) is 4.79 Å². The van der Waals surface area contributed by atoms with Crippen LogP contribution in [0.2, 0.25) is 0 Å². The summed E-state index contributed by atoms with van der Waals surface area (Å²) in [5.74, 6) is 1.15. The predicted octanol–water partition coefficient (Wildman–Crippen LogP) is 1.39. The van der Waals surface area contributed by atoms with Gasteiger partial charge in [0, 0.05) is 32.1 Å². The van der Waals surface area contributed by atoms with Gasteiger partial charge in [-0.2, -0.15) is 0 Å². The summed E-state index contributed by atoms with van der Waals surface area (Å²) in [4.78, 5) is 17.7. The number of ether oxygens (including phenoxy) is 1. The summed E-state index contributed by atoms with van der Waals surface area (Å²) in [7, 11) is 0. The third-order valence-electron chi connectivity index (χ3n) is 3.27. The molecular formula is C12H21N3O2. The molecule has 1 N–H and O–H groups in total. The van der Waals surface area contributed by atoms with Gasteiger partial charge >= 0.3 is 6.09 Å². The monoisotopic (exact) mass is 239 g/mol. The molecule has 5 nitrogen and oxygen atoms in total. The highest BCUT2D eigenvalue weighted by Crippen LogP contribution is 2.13. The Bertz CT molecular complexity index is 296. The van der Waals surface area contributed by atoms with Crippen LogP contribution in [-0.4, -0.2) is 49.1 Å². The van der Waals surface area contributed by atoms with Crippen molar-refractivity contribution in [2.45, 2.75) is 38.6 Å². The molecule has 0 radical (unpaired) electrons. The van der Waals surface area contributed by atoms with E-state index in [1.54, 1.807) is 4.90 Å². The third kappa shape index (κ3) is 3.35. The number of carbonyl (C=O) groups excluding carboxylic acids is 1. The van der Waals surface area contributed by atoms with Crippen molar-refractivity contribution >= 4 is 11.9 Å². The molecule has 2 heterocycles. The predicted molar refractivity (Wildman–Crippen MR) is 66.3 cm³/mol. The number of piperidine rings is 1. The number of likely N-dealkylation sites (tertiary alicyclic amines) is 1. The summed E-state index contributed by atoms with van der Waals surface area (Å²) in [5, 5.41) is 3.48. The molecule has 96 valence electrons. The van der Waals surface area contributed by atoms with Crippen molar-refractivity contribution in [1.29, 1.82) is 0 Å². The van der Waals surface area contributed by atoms with E-state index in [2.05, 4.69) is 10.3 Å². The first-order valence-electron chi connectivity index (χ1n) is 6.51. The average Bonchev–Trinajstić information content (AvgIpc) is 2.83. The first kappa shape index (κ1) is 12.2. The Labute approximate surface area is 102 Å². The van der Waals surface area contributed by atoms with Crippen molar-refractivity contribution in [3.63, 3.8) is 0 Å². The lowest BCUT2D eigenvalue weighted by atomic mass is 10.1. The van der Waals surface area contributed by atoms with Crippen LogP contribution in [0.15, 0.2) is 4.99 Å². The number of nitrogens with zero attached hydrogens (tertiary/aromatic N) is 2. The maximum Gasteiger partial charge on any atom is 0.409 e. The fourth-order valence-electron chi connectivity index (χ4n) is 2.31. The van der Waals surface area contributed by atoms with Gasteiger partial charge < -0.3 is 15.0 Å². The minimum Gasteiger partial charge on any atom is -0.450 e. The van der Waals surface area contributed by atoms with Crippen LogP contribution in [0.1, 0.15) is 32.6 Å². The number of nitrogens with one attached hydrogen (secondary N) is 1. The van der Waals surface area contributed by atoms with Crippen LogP contribution < -0.4 is 5.32 Å². The quantitative estimate of drug-likeness (QED) is 0.792. The van der Waals surface area contributed by atoms with Gasteiger partial charge in [-0.1, -0.05) is 0 Å². The molecule has 1 saturated heterocycles. The highest BCUT2D eigenvalue weighted by molar-refractivity contribution is 5.83. The van der Waals surface area contributed by atoms with Gasteiger partial charge in [-0.05, 0) is 26.2 Å². The Morgan fingerprint density at radius 1 is 1.53 bits per heavy atom. The van der Waals surface area contributed by atoms with Gasteiger partial charge in [-0.3, -0.25) is 4.99 Å². The molecule has 2 aliphatic heterocycles. The van der Waals surface area contributed by atoms with Gasteiger partial charge in [0.05, 0.1) is 12.4 Å². The Morgan fingerprint density at radius 3 is 2.88 bits per heavy atom. The normalized spacial score (nSPS) is 21.2. The van der Waals surface area contributed by atoms with Crippen LogP contribution in [0.3, 0.4) is 0 Å². The first-order chi connectivity index (χ1) is 8.29. The highest BCUT2D eigenvalue weighted by Gasteiger charge is 2.24. The molecule has 2 aliphatic rings. The summed E-state index contributed by atoms with van der Waals surface area (Å²) in [6.07, 6.45) is 4.04. The molecule has 5 heteroatoms. The number of rotatable bonds is 2. The van der Waals surface area contributed by atoms with Crippen molar-refractivity contribution in [1.82, 2.24) is 10.2 Å². The number of amides is 1. The Kier molecular flexibility index (Phi) is 4.23. The largest absolute Gasteiger partial charge is 0.450 e. The summed E-state index contributed by atoms with van der Waals surface area (Å²) in [5.41, 5.74) is 0. The lowest BCUT2D eigenvalue weighted by Crippen LogP contribution is -2.46. The molecule has 1 fully saturated rings. The van der Waals surface area contributed by atoms with Crippen molar-refractivity contribution < 1.29 is 9.53 Å². The smallest absolute Gasteiger partial charge is 0.409 e. The van der Waals surface area contributed by atoms with Crippen LogP contribution in [0, 0.1) is 0 Å². The van der Waals surface area contributed by atoms with Crippen LogP contribution in [0.5, 0.6) is 0 Å². The number of hydrogen-bond donors (Lipinski definition) is 1. The van der Waals surface area contributed by atoms with Gasteiger partial charge in [0.1, 0.15) is 0 Å². The molecule has 0 bridgehead atoms. The molecule has 0 spiro atoms. The Balaban J connectivity index is 1.72. The first-order valence-corrected chi connectivity index (χ1v) is 6.51. The van der Waals surface area contributed by atoms with Gasteiger partial charge in [-0.15, -0.1) is 0 Å². The molecule has 0 saturated carbocycles. The summed E-state index contributed by atoms with van der Waals surface area (Å²) in [6.45, 7) is 4.82. The van der Waals surface area contributed by atoms with E-state index in [1.807, 2.05) is 6.92 Å². The zero-order valence-corrected chi connectivity index (χ0v) is 10.4. The van der Waals surface area contributed by atoms with Crippen LogP contribution >= 0.6 is 0 Å². The maximum atomic E-state index is 11.5. The van der Waals surface area contributed by atoms with Gasteiger partial charge in [-0.25, -0.2) is 4.79 Å². The fourth-order valence-corrected chi connectivity index (χ4v) is 2.31. The van der Waals surface area contributed by atoms with Crippen molar-refractivity contribution in [3.8, 4) is 0 Å². The van der Waals surface area contributed by atoms with E-state index < -0.39 is 0 Å². The van der Waals surface area contributed by atoms with Gasteiger partial charge in [0.25, 0.3) is 0 Å². The molecule has 0 atom stereocenters. The van der Waals surface area contributed by atoms with E-state index in [1.165, 1.54) is 6.42 Å². The van der Waals surface area contributed by atoms with Gasteiger partial charge in [0.2, 0.25) is 0 Å². The van der Waals surface area contributed by atoms with Crippen molar-refractivity contribution in [2.24, 2.45) is 4.99 Å². The second-order valence-corrected chi connectivity index (χ2v) is 4.54. The molecule has 0 unspecified atom stereocenters. The van der Waals surface area contributed by atoms with Crippen molar-refractivity contribution in [2.75, 3.05) is 26.2 Å². The van der Waals surface area contributed by atoms with Gasteiger partial charge in [0.15, 0.2) is 0 Å². The Hall–Kier alpha value is -1.26. The standard InChI is InChI=1S/C12H21N3O2/c1-2-17-12(16)15-8-5-10(6-9-15)14-11-4-3-7-13-11/h10H,2-9H2,1H3,(H,13,14). The van der Waals surface area contributed by atoms with Crippen molar-refractivity contribution in [3.05, 3.63) is 0 Å². The SMILES string of the molecule is CCOC(=O)N1CCC(NC2=NCCC2)CC1. The number of aliphatic imine (C=N–C) groups is 1. The third-order valence-corrected chi connectivity index (χ3v) is 3.27. The highest BCUT2D eigenvalue weighted by atomic mass is 16.6. The zero-order chi connectivity index (χ0) is 12.1. The topological polar surface area (TPSA) is 53.9 Å². The summed E-state index contributed by atoms with van der Waals surface area (Å²) < 4.78 is 4.99. The van der Waals surface area contributed by atoms with E-state index in [0.717, 1.165) is 44.7 Å². The molecule has 17 heavy (non-hydrogen) atoms. The molecule has 0 aromatic carbocycles. The lowest BCUT2D eigenvalue weighted by Gasteiger charge is -2.32. The van der Waals surface area contributed by atoms with E-state index in [0.29, 0.717) is 12.6 Å². The number of amidine groups is 1. The second kappa shape index (κ2) is 5.89. The van der Waals surface area contributed by atoms with E-state index in [-0.39, 0.29) is 6.09 Å². The van der Waals surface area contributed by atoms with E-state index in [9.17, 15) is 4.79 Å². The molecule has 0 aromatic rings. The Morgan fingerprint density at radius 2 is 2.29 bits per heavy atom. The summed E-state index contributed by atoms with van der Waals surface area (Å²) >= 11 is 0. The fraction of sp³-hybridized carbons (Fsp3) is 0.833. The maximum absolute atomic E-state index is 11.5. The zero-order valence-electron chi connectivity index (χ0n) is 10.4. The molecular weight excluding hydrogens is 218 g/mol. The number of carbonyl (C=O) groups is 1. The molecule has 2 rings (SSSR count).